The summed E-state index contributed by atoms with van der Waals surface area (Å²) in [5, 5.41) is 16.8. The molecular weight excluding hydrogens is 440 g/mol. The highest BCUT2D eigenvalue weighted by Crippen LogP contribution is 2.07. The number of hydrogen-bond acceptors (Lipinski definition) is 6. The van der Waals surface area contributed by atoms with Crippen LogP contribution in [0.5, 0.6) is 0 Å². The van der Waals surface area contributed by atoms with E-state index in [0.29, 0.717) is 12.1 Å². The molecule has 2 rings (SSSR count). The van der Waals surface area contributed by atoms with Crippen molar-refractivity contribution >= 4 is 23.7 Å². The molecule has 0 aliphatic rings. The van der Waals surface area contributed by atoms with Gasteiger partial charge in [-0.05, 0) is 24.8 Å². The minimum Gasteiger partial charge on any atom is -0.480 e. The fourth-order valence-corrected chi connectivity index (χ4v) is 3.22. The highest BCUT2D eigenvalue weighted by molar-refractivity contribution is 5.94. The standard InChI is InChI=1S/C23H32N6O5/c1-13(2)19(29-20(30)17(24)9-15-7-5-4-6-8-15)22(32)28-18(10-16-11-25-12-26-16)21(31)27-14(3)23(33)34/h4-8,11-14,17-19H,9-10,24H2,1-3H3,(H,25,26)(H,27,31)(H,28,32)(H,29,30)(H,33,34). The van der Waals surface area contributed by atoms with Gasteiger partial charge in [-0.15, -0.1) is 0 Å². The number of imidazole rings is 1. The third kappa shape index (κ3) is 8.00. The van der Waals surface area contributed by atoms with E-state index < -0.39 is 47.9 Å². The molecule has 1 aromatic carbocycles. The molecule has 0 saturated carbocycles. The molecular formula is C23H32N6O5. The monoisotopic (exact) mass is 472 g/mol. The molecule has 7 N–H and O–H groups in total. The normalized spacial score (nSPS) is 14.5. The molecule has 4 atom stereocenters. The molecule has 0 fully saturated rings. The Kier molecular flexibility index (Phi) is 9.75. The molecule has 34 heavy (non-hydrogen) atoms. The number of carbonyl (C=O) groups excluding carboxylic acids is 3. The van der Waals surface area contributed by atoms with Gasteiger partial charge >= 0.3 is 5.97 Å². The maximum atomic E-state index is 13.1. The first-order valence-electron chi connectivity index (χ1n) is 11.0. The maximum Gasteiger partial charge on any atom is 0.325 e. The van der Waals surface area contributed by atoms with Gasteiger partial charge in [-0.1, -0.05) is 44.2 Å². The number of nitrogens with two attached hydrogens (primary N) is 1. The summed E-state index contributed by atoms with van der Waals surface area (Å²) in [5.41, 5.74) is 7.50. The van der Waals surface area contributed by atoms with Gasteiger partial charge in [0.1, 0.15) is 18.1 Å². The summed E-state index contributed by atoms with van der Waals surface area (Å²) in [6.45, 7) is 4.83. The number of rotatable bonds is 12. The predicted octanol–water partition coefficient (Wildman–Crippen LogP) is -0.263. The van der Waals surface area contributed by atoms with Crippen molar-refractivity contribution in [2.75, 3.05) is 0 Å². The van der Waals surface area contributed by atoms with Crippen molar-refractivity contribution < 1.29 is 24.3 Å². The van der Waals surface area contributed by atoms with Gasteiger partial charge in [0.15, 0.2) is 0 Å². The van der Waals surface area contributed by atoms with Crippen molar-refractivity contribution in [3.05, 3.63) is 54.1 Å². The summed E-state index contributed by atoms with van der Waals surface area (Å²) in [6.07, 6.45) is 3.28. The van der Waals surface area contributed by atoms with Crippen molar-refractivity contribution in [1.29, 1.82) is 0 Å². The minimum atomic E-state index is -1.21. The lowest BCUT2D eigenvalue weighted by atomic mass is 10.0. The first-order valence-corrected chi connectivity index (χ1v) is 11.0. The van der Waals surface area contributed by atoms with Crippen molar-refractivity contribution in [3.8, 4) is 0 Å². The molecule has 0 aliphatic heterocycles. The number of hydrogen-bond donors (Lipinski definition) is 6. The van der Waals surface area contributed by atoms with Crippen LogP contribution in [0.3, 0.4) is 0 Å². The summed E-state index contributed by atoms with van der Waals surface area (Å²) in [5.74, 6) is -3.27. The molecule has 0 saturated heterocycles. The topological polar surface area (TPSA) is 179 Å². The summed E-state index contributed by atoms with van der Waals surface area (Å²) >= 11 is 0. The summed E-state index contributed by atoms with van der Waals surface area (Å²) in [7, 11) is 0. The van der Waals surface area contributed by atoms with E-state index >= 15 is 0 Å². The number of carboxylic acid groups (broad SMARTS) is 1. The number of carboxylic acids is 1. The molecule has 0 spiro atoms. The maximum absolute atomic E-state index is 13.1. The van der Waals surface area contributed by atoms with Gasteiger partial charge in [0.25, 0.3) is 0 Å². The predicted molar refractivity (Wildman–Crippen MR) is 124 cm³/mol. The van der Waals surface area contributed by atoms with Crippen LogP contribution in [0.25, 0.3) is 0 Å². The van der Waals surface area contributed by atoms with E-state index in [1.807, 2.05) is 30.3 Å². The molecule has 0 bridgehead atoms. The molecule has 184 valence electrons. The minimum absolute atomic E-state index is 0.0518. The Labute approximate surface area is 197 Å². The molecule has 0 aliphatic carbocycles. The summed E-state index contributed by atoms with van der Waals surface area (Å²) < 4.78 is 0. The number of benzene rings is 1. The Morgan fingerprint density at radius 1 is 0.971 bits per heavy atom. The quantitative estimate of drug-likeness (QED) is 0.246. The third-order valence-corrected chi connectivity index (χ3v) is 5.22. The van der Waals surface area contributed by atoms with Crippen LogP contribution in [-0.4, -0.2) is 62.9 Å². The number of amides is 3. The number of H-pyrrole nitrogens is 1. The van der Waals surface area contributed by atoms with Gasteiger partial charge in [-0.3, -0.25) is 19.2 Å². The second kappa shape index (κ2) is 12.5. The smallest absolute Gasteiger partial charge is 0.325 e. The van der Waals surface area contributed by atoms with Crippen LogP contribution in [0.4, 0.5) is 0 Å². The van der Waals surface area contributed by atoms with Crippen LogP contribution in [0.15, 0.2) is 42.9 Å². The molecule has 11 heteroatoms. The van der Waals surface area contributed by atoms with Crippen molar-refractivity contribution in [1.82, 2.24) is 25.9 Å². The molecule has 11 nitrogen and oxygen atoms in total. The van der Waals surface area contributed by atoms with Gasteiger partial charge < -0.3 is 31.8 Å². The van der Waals surface area contributed by atoms with E-state index in [-0.39, 0.29) is 12.3 Å². The second-order valence-electron chi connectivity index (χ2n) is 8.44. The van der Waals surface area contributed by atoms with Crippen LogP contribution < -0.4 is 21.7 Å². The molecule has 1 heterocycles. The Balaban J connectivity index is 2.09. The lowest BCUT2D eigenvalue weighted by Crippen LogP contribution is -2.58. The summed E-state index contributed by atoms with van der Waals surface area (Å²) in [6, 6.07) is 5.21. The van der Waals surface area contributed by atoms with Crippen LogP contribution in [0.1, 0.15) is 32.0 Å². The van der Waals surface area contributed by atoms with Gasteiger partial charge in [0.05, 0.1) is 12.4 Å². The third-order valence-electron chi connectivity index (χ3n) is 5.22. The average molecular weight is 473 g/mol. The highest BCUT2D eigenvalue weighted by Gasteiger charge is 2.31. The zero-order chi connectivity index (χ0) is 25.3. The number of aromatic nitrogens is 2. The van der Waals surface area contributed by atoms with Crippen LogP contribution in [-0.2, 0) is 32.0 Å². The fraction of sp³-hybridized carbons (Fsp3) is 0.435. The number of carbonyl (C=O) groups is 4. The van der Waals surface area contributed by atoms with Gasteiger partial charge in [0, 0.05) is 18.3 Å². The van der Waals surface area contributed by atoms with E-state index in [9.17, 15) is 19.2 Å². The molecule has 0 radical (unpaired) electrons. The lowest BCUT2D eigenvalue weighted by Gasteiger charge is -2.26. The molecule has 1 aromatic heterocycles. The van der Waals surface area contributed by atoms with Gasteiger partial charge in [-0.25, -0.2) is 4.98 Å². The largest absolute Gasteiger partial charge is 0.480 e. The van der Waals surface area contributed by atoms with E-state index in [2.05, 4.69) is 25.9 Å². The fourth-order valence-electron chi connectivity index (χ4n) is 3.22. The van der Waals surface area contributed by atoms with Crippen LogP contribution in [0, 0.1) is 5.92 Å². The number of aromatic amines is 1. The van der Waals surface area contributed by atoms with E-state index in [0.717, 1.165) is 5.56 Å². The Bertz CT molecular complexity index is 963. The van der Waals surface area contributed by atoms with E-state index in [1.165, 1.54) is 19.4 Å². The zero-order valence-corrected chi connectivity index (χ0v) is 19.4. The highest BCUT2D eigenvalue weighted by atomic mass is 16.4. The molecule has 3 amide bonds. The number of nitrogens with one attached hydrogen (secondary N) is 4. The number of aliphatic carboxylic acids is 1. The Morgan fingerprint density at radius 3 is 2.21 bits per heavy atom. The first kappa shape index (κ1) is 26.5. The van der Waals surface area contributed by atoms with E-state index in [4.69, 9.17) is 10.8 Å². The molecule has 4 unspecified atom stereocenters. The van der Waals surface area contributed by atoms with Crippen molar-refractivity contribution in [2.24, 2.45) is 11.7 Å². The molecule has 2 aromatic rings. The SMILES string of the molecule is CC(NC(=O)C(Cc1cnc[nH]1)NC(=O)C(NC(=O)C(N)Cc1ccccc1)C(C)C)C(=O)O. The average Bonchev–Trinajstić information content (AvgIpc) is 3.30. The Hall–Kier alpha value is -3.73. The van der Waals surface area contributed by atoms with Gasteiger partial charge in [-0.2, -0.15) is 0 Å². The van der Waals surface area contributed by atoms with Crippen molar-refractivity contribution in [2.45, 2.75) is 57.8 Å². The van der Waals surface area contributed by atoms with Crippen molar-refractivity contribution in [3.63, 3.8) is 0 Å². The lowest BCUT2D eigenvalue weighted by molar-refractivity contribution is -0.141. The second-order valence-corrected chi connectivity index (χ2v) is 8.44. The van der Waals surface area contributed by atoms with Gasteiger partial charge in [0.2, 0.25) is 17.7 Å². The number of nitrogens with zero attached hydrogens (tertiary/aromatic N) is 1. The van der Waals surface area contributed by atoms with E-state index in [1.54, 1.807) is 13.8 Å². The Morgan fingerprint density at radius 2 is 1.65 bits per heavy atom. The van der Waals surface area contributed by atoms with Crippen LogP contribution in [0.2, 0.25) is 0 Å². The zero-order valence-electron chi connectivity index (χ0n) is 19.4. The summed E-state index contributed by atoms with van der Waals surface area (Å²) in [4.78, 5) is 56.4. The van der Waals surface area contributed by atoms with Crippen LogP contribution >= 0.6 is 0 Å². The first-order chi connectivity index (χ1) is 16.1.